The summed E-state index contributed by atoms with van der Waals surface area (Å²) < 4.78 is 0. The number of imidazole rings is 1. The molecule has 0 bridgehead atoms. The first-order chi connectivity index (χ1) is 11.2. The van der Waals surface area contributed by atoms with Crippen molar-refractivity contribution < 1.29 is 0 Å². The molecule has 12 heteroatoms. The number of aromatic nitrogens is 8. The minimum Gasteiger partial charge on any atom is -0.339 e. The van der Waals surface area contributed by atoms with E-state index in [0.717, 1.165) is 0 Å². The van der Waals surface area contributed by atoms with Gasteiger partial charge in [0.1, 0.15) is 0 Å². The molecule has 0 aromatic carbocycles. The van der Waals surface area contributed by atoms with E-state index in [0.29, 0.717) is 11.2 Å². The third-order valence-electron chi connectivity index (χ3n) is 2.71. The summed E-state index contributed by atoms with van der Waals surface area (Å²) in [6.45, 7) is 0. The van der Waals surface area contributed by atoms with Gasteiger partial charge in [-0.15, -0.1) is 0 Å². The maximum absolute atomic E-state index is 11.3. The molecule has 4 aromatic heterocycles. The fourth-order valence-electron chi connectivity index (χ4n) is 1.72. The van der Waals surface area contributed by atoms with Crippen LogP contribution in [-0.4, -0.2) is 39.9 Å². The number of nitrogens with two attached hydrogens (primary N) is 1. The smallest absolute Gasteiger partial charge is 0.280 e. The molecule has 0 atom stereocenters. The Morgan fingerprint density at radius 2 is 1.65 bits per heavy atom. The number of anilines is 1. The van der Waals surface area contributed by atoms with Gasteiger partial charge in [-0.1, -0.05) is 0 Å². The van der Waals surface area contributed by atoms with Gasteiger partial charge in [0.25, 0.3) is 11.1 Å². The number of fused-ring (bicyclic) bond motifs is 2. The lowest BCUT2D eigenvalue weighted by atomic mass is 10.5. The van der Waals surface area contributed by atoms with Crippen LogP contribution in [0.1, 0.15) is 0 Å². The number of rotatable bonds is 1. The summed E-state index contributed by atoms with van der Waals surface area (Å²) in [7, 11) is 0. The van der Waals surface area contributed by atoms with Crippen molar-refractivity contribution in [2.75, 3.05) is 5.43 Å². The van der Waals surface area contributed by atoms with E-state index in [2.05, 4.69) is 45.3 Å². The monoisotopic (exact) mass is 314 g/mol. The maximum atomic E-state index is 11.3. The lowest BCUT2D eigenvalue weighted by Crippen LogP contribution is -2.17. The van der Waals surface area contributed by atoms with Crippen molar-refractivity contribution in [2.24, 2.45) is 5.84 Å². The molecule has 6 N–H and O–H groups in total. The molecule has 0 aliphatic carbocycles. The zero-order valence-electron chi connectivity index (χ0n) is 11.4. The molecule has 0 spiro atoms. The highest BCUT2D eigenvalue weighted by atomic mass is 16.1. The number of aromatic amines is 3. The van der Waals surface area contributed by atoms with Crippen molar-refractivity contribution in [2.45, 2.75) is 0 Å². The van der Waals surface area contributed by atoms with E-state index < -0.39 is 0 Å². The van der Waals surface area contributed by atoms with Crippen LogP contribution in [0, 0.1) is 0 Å². The van der Waals surface area contributed by atoms with E-state index in [1.807, 2.05) is 0 Å². The molecule has 0 saturated carbocycles. The zero-order chi connectivity index (χ0) is 16.2. The van der Waals surface area contributed by atoms with Crippen molar-refractivity contribution in [3.63, 3.8) is 0 Å². The lowest BCUT2D eigenvalue weighted by Gasteiger charge is -1.98. The molecule has 0 aliphatic heterocycles. The Hall–Kier alpha value is -3.67. The summed E-state index contributed by atoms with van der Waals surface area (Å²) in [4.78, 5) is 48.8. The minimum atomic E-state index is -0.369. The van der Waals surface area contributed by atoms with Gasteiger partial charge in [0.2, 0.25) is 5.95 Å². The lowest BCUT2D eigenvalue weighted by molar-refractivity contribution is 1.08. The van der Waals surface area contributed by atoms with E-state index >= 15 is 0 Å². The van der Waals surface area contributed by atoms with Crippen LogP contribution in [0.25, 0.3) is 22.3 Å². The zero-order valence-corrected chi connectivity index (χ0v) is 11.4. The van der Waals surface area contributed by atoms with Gasteiger partial charge >= 0.3 is 0 Å². The Balaban J connectivity index is 0.000000140. The Morgan fingerprint density at radius 1 is 0.913 bits per heavy atom. The van der Waals surface area contributed by atoms with Crippen LogP contribution in [0.3, 0.4) is 0 Å². The summed E-state index contributed by atoms with van der Waals surface area (Å²) in [6.07, 6.45) is 5.64. The molecule has 4 heterocycles. The predicted molar refractivity (Wildman–Crippen MR) is 80.3 cm³/mol. The first-order valence-electron chi connectivity index (χ1n) is 6.23. The first-order valence-corrected chi connectivity index (χ1v) is 6.23. The van der Waals surface area contributed by atoms with Crippen molar-refractivity contribution in [3.05, 3.63) is 45.8 Å². The van der Waals surface area contributed by atoms with Crippen LogP contribution in [0.2, 0.25) is 0 Å². The van der Waals surface area contributed by atoms with Crippen LogP contribution >= 0.6 is 0 Å². The molecule has 0 fully saturated rings. The van der Waals surface area contributed by atoms with Gasteiger partial charge in [-0.3, -0.25) is 20.0 Å². The van der Waals surface area contributed by atoms with E-state index in [9.17, 15) is 9.59 Å². The number of nitrogens with one attached hydrogen (secondary N) is 4. The van der Waals surface area contributed by atoms with E-state index in [4.69, 9.17) is 5.84 Å². The molecule has 0 amide bonds. The largest absolute Gasteiger partial charge is 0.339 e. The normalized spacial score (nSPS) is 10.3. The molecular formula is C11H10N10O2. The SMILES string of the molecule is NNc1nc2nccnc2c(=O)[nH]1.O=c1[nH]cnc2nc[nH]c12. The molecular weight excluding hydrogens is 304 g/mol. The second-order valence-corrected chi connectivity index (χ2v) is 4.12. The Labute approximate surface area is 126 Å². The fourth-order valence-corrected chi connectivity index (χ4v) is 1.72. The number of hydrazine groups is 1. The average molecular weight is 314 g/mol. The first kappa shape index (κ1) is 14.3. The van der Waals surface area contributed by atoms with Gasteiger partial charge in [-0.05, 0) is 0 Å². The third-order valence-corrected chi connectivity index (χ3v) is 2.71. The molecule has 0 saturated heterocycles. The molecule has 0 unspecified atom stereocenters. The Bertz CT molecular complexity index is 1070. The molecule has 12 nitrogen and oxygen atoms in total. The number of H-pyrrole nitrogens is 3. The second kappa shape index (κ2) is 5.98. The van der Waals surface area contributed by atoms with Crippen LogP contribution in [0.15, 0.2) is 34.6 Å². The Morgan fingerprint density at radius 3 is 2.39 bits per heavy atom. The van der Waals surface area contributed by atoms with Crippen molar-refractivity contribution >= 4 is 28.3 Å². The van der Waals surface area contributed by atoms with Gasteiger partial charge in [0, 0.05) is 12.4 Å². The molecule has 116 valence electrons. The summed E-state index contributed by atoms with van der Waals surface area (Å²) >= 11 is 0. The molecule has 4 aromatic rings. The summed E-state index contributed by atoms with van der Waals surface area (Å²) in [5.41, 5.74) is 2.99. The molecule has 23 heavy (non-hydrogen) atoms. The van der Waals surface area contributed by atoms with Crippen LogP contribution in [0.5, 0.6) is 0 Å². The van der Waals surface area contributed by atoms with E-state index in [-0.39, 0.29) is 28.2 Å². The van der Waals surface area contributed by atoms with Crippen molar-refractivity contribution in [1.82, 2.24) is 39.9 Å². The molecule has 0 aliphatic rings. The summed E-state index contributed by atoms with van der Waals surface area (Å²) in [6, 6.07) is 0. The standard InChI is InChI=1S/C6H6N6O.C5H4N4O/c7-12-6-10-4-3(5(13)11-6)8-1-2-9-4;10-5-3-4(7-1-6-3)8-2-9-5/h1-2H,7H2,(H2,9,10,11,12,13);1-2H,(H2,6,7,8,9,10). The van der Waals surface area contributed by atoms with E-state index in [1.165, 1.54) is 25.0 Å². The number of nitrogen functional groups attached to an aromatic ring is 1. The number of hydrogen-bond donors (Lipinski definition) is 5. The summed E-state index contributed by atoms with van der Waals surface area (Å²) in [5, 5.41) is 0. The van der Waals surface area contributed by atoms with Crippen LogP contribution < -0.4 is 22.4 Å². The van der Waals surface area contributed by atoms with Crippen molar-refractivity contribution in [3.8, 4) is 0 Å². The van der Waals surface area contributed by atoms with Crippen LogP contribution in [0.4, 0.5) is 5.95 Å². The fraction of sp³-hybridized carbons (Fsp3) is 0. The number of nitrogens with zero attached hydrogens (tertiary/aromatic N) is 5. The predicted octanol–water partition coefficient (Wildman–Crippen LogP) is -1.36. The van der Waals surface area contributed by atoms with Crippen molar-refractivity contribution in [1.29, 1.82) is 0 Å². The van der Waals surface area contributed by atoms with Gasteiger partial charge < -0.3 is 9.97 Å². The molecule has 4 rings (SSSR count). The highest BCUT2D eigenvalue weighted by Gasteiger charge is 2.03. The van der Waals surface area contributed by atoms with Gasteiger partial charge in [-0.2, -0.15) is 4.98 Å². The summed E-state index contributed by atoms with van der Waals surface area (Å²) in [5.74, 6) is 5.24. The highest BCUT2D eigenvalue weighted by Crippen LogP contribution is 1.99. The quantitative estimate of drug-likeness (QED) is 0.209. The molecule has 0 radical (unpaired) electrons. The third kappa shape index (κ3) is 2.86. The highest BCUT2D eigenvalue weighted by molar-refractivity contribution is 5.68. The van der Waals surface area contributed by atoms with Gasteiger partial charge in [0.15, 0.2) is 22.3 Å². The topological polar surface area (TPSA) is 184 Å². The van der Waals surface area contributed by atoms with E-state index in [1.54, 1.807) is 0 Å². The van der Waals surface area contributed by atoms with Crippen LogP contribution in [-0.2, 0) is 0 Å². The van der Waals surface area contributed by atoms with Gasteiger partial charge in [0.05, 0.1) is 12.7 Å². The van der Waals surface area contributed by atoms with Gasteiger partial charge in [-0.25, -0.2) is 25.8 Å². The number of hydrogen-bond acceptors (Lipinski definition) is 9. The minimum absolute atomic E-state index is 0.165. The average Bonchev–Trinajstić information content (AvgIpc) is 3.05. The second-order valence-electron chi connectivity index (χ2n) is 4.12. The maximum Gasteiger partial charge on any atom is 0.280 e. The Kier molecular flexibility index (Phi) is 3.71.